The molecule has 2 heterocycles. The van der Waals surface area contributed by atoms with E-state index in [9.17, 15) is 14.7 Å². The molecule has 1 atom stereocenters. The Kier molecular flexibility index (Phi) is 7.46. The van der Waals surface area contributed by atoms with Crippen LogP contribution in [0.5, 0.6) is 5.75 Å². The first-order chi connectivity index (χ1) is 17.0. The smallest absolute Gasteiger partial charge is 0.256 e. The van der Waals surface area contributed by atoms with Gasteiger partial charge in [-0.05, 0) is 62.5 Å². The maximum absolute atomic E-state index is 12.6. The van der Waals surface area contributed by atoms with Crippen molar-refractivity contribution < 1.29 is 19.4 Å². The second-order valence-electron chi connectivity index (χ2n) is 8.45. The highest BCUT2D eigenvalue weighted by Crippen LogP contribution is 2.35. The number of rotatable bonds is 8. The maximum atomic E-state index is 12.6. The molecule has 0 aliphatic carbocycles. The Bertz CT molecular complexity index is 1310. The monoisotopic (exact) mass is 469 g/mol. The van der Waals surface area contributed by atoms with Crippen LogP contribution in [0, 0.1) is 11.8 Å². The van der Waals surface area contributed by atoms with Crippen LogP contribution in [-0.2, 0) is 4.79 Å². The number of carbonyl (C=O) groups is 2. The summed E-state index contributed by atoms with van der Waals surface area (Å²) in [6.07, 6.45) is 3.95. The molecule has 4 rings (SSSR count). The fourth-order valence-corrected chi connectivity index (χ4v) is 3.80. The van der Waals surface area contributed by atoms with E-state index in [4.69, 9.17) is 4.74 Å². The van der Waals surface area contributed by atoms with E-state index in [1.807, 2.05) is 26.2 Å². The van der Waals surface area contributed by atoms with Crippen LogP contribution in [0.15, 0.2) is 54.7 Å². The third kappa shape index (κ3) is 5.69. The van der Waals surface area contributed by atoms with Crippen LogP contribution in [-0.4, -0.2) is 54.4 Å². The van der Waals surface area contributed by atoms with Gasteiger partial charge in [0, 0.05) is 35.1 Å². The van der Waals surface area contributed by atoms with Crippen LogP contribution in [0.2, 0.25) is 0 Å². The van der Waals surface area contributed by atoms with Gasteiger partial charge in [-0.2, -0.15) is 0 Å². The molecule has 7 heteroatoms. The van der Waals surface area contributed by atoms with Gasteiger partial charge >= 0.3 is 0 Å². The molecule has 1 aromatic heterocycles. The van der Waals surface area contributed by atoms with Crippen molar-refractivity contribution in [2.75, 3.05) is 32.6 Å². The van der Waals surface area contributed by atoms with Crippen molar-refractivity contribution in [3.05, 3.63) is 82.7 Å². The molecule has 0 radical (unpaired) electrons. The predicted octanol–water partition coefficient (Wildman–Crippen LogP) is 3.74. The summed E-state index contributed by atoms with van der Waals surface area (Å²) >= 11 is 0. The van der Waals surface area contributed by atoms with Gasteiger partial charge in [-0.15, -0.1) is 0 Å². The van der Waals surface area contributed by atoms with E-state index in [0.29, 0.717) is 45.8 Å². The van der Waals surface area contributed by atoms with Gasteiger partial charge in [0.05, 0.1) is 17.9 Å². The SMILES string of the molecule is CN(C)CCCOc1ccc(C(O)C#Cc2cccc3c2C(=Cc2[nH]ccc2C=O)C(=O)N3)cc1. The number of aliphatic hydroxyl groups excluding tert-OH is 1. The quantitative estimate of drug-likeness (QED) is 0.202. The van der Waals surface area contributed by atoms with Crippen molar-refractivity contribution in [1.82, 2.24) is 9.88 Å². The number of carbonyl (C=O) groups excluding carboxylic acids is 2. The molecule has 3 N–H and O–H groups in total. The highest BCUT2D eigenvalue weighted by molar-refractivity contribution is 6.35. The topological polar surface area (TPSA) is 94.7 Å². The zero-order valence-corrected chi connectivity index (χ0v) is 19.7. The molecule has 0 fully saturated rings. The van der Waals surface area contributed by atoms with Crippen LogP contribution in [0.1, 0.15) is 45.3 Å². The summed E-state index contributed by atoms with van der Waals surface area (Å²) < 4.78 is 5.74. The Morgan fingerprint density at radius 2 is 1.94 bits per heavy atom. The Hall–Kier alpha value is -4.12. The molecule has 0 saturated heterocycles. The van der Waals surface area contributed by atoms with Gasteiger partial charge in [0.1, 0.15) is 11.9 Å². The number of ether oxygens (including phenoxy) is 1. The van der Waals surface area contributed by atoms with Crippen molar-refractivity contribution in [3.63, 3.8) is 0 Å². The molecule has 7 nitrogen and oxygen atoms in total. The van der Waals surface area contributed by atoms with E-state index >= 15 is 0 Å². The Balaban J connectivity index is 1.52. The zero-order chi connectivity index (χ0) is 24.8. The number of fused-ring (bicyclic) bond motifs is 1. The summed E-state index contributed by atoms with van der Waals surface area (Å²) in [5, 5.41) is 13.5. The summed E-state index contributed by atoms with van der Waals surface area (Å²) in [7, 11) is 4.05. The second-order valence-corrected chi connectivity index (χ2v) is 8.45. The van der Waals surface area contributed by atoms with Crippen LogP contribution < -0.4 is 10.1 Å². The van der Waals surface area contributed by atoms with E-state index in [2.05, 4.69) is 27.0 Å². The molecule has 1 aliphatic heterocycles. The number of benzene rings is 2. The van der Waals surface area contributed by atoms with E-state index in [-0.39, 0.29) is 5.91 Å². The average molecular weight is 470 g/mol. The molecule has 1 unspecified atom stereocenters. The van der Waals surface area contributed by atoms with Crippen LogP contribution in [0.3, 0.4) is 0 Å². The number of nitrogens with zero attached hydrogens (tertiary/aromatic N) is 1. The van der Waals surface area contributed by atoms with Gasteiger partial charge in [-0.1, -0.05) is 30.0 Å². The van der Waals surface area contributed by atoms with E-state index in [0.717, 1.165) is 25.0 Å². The number of aromatic nitrogens is 1. The number of hydrogen-bond acceptors (Lipinski definition) is 5. The summed E-state index contributed by atoms with van der Waals surface area (Å²) in [5.41, 5.74) is 3.94. The maximum Gasteiger partial charge on any atom is 0.256 e. The summed E-state index contributed by atoms with van der Waals surface area (Å²) in [5.74, 6) is 6.36. The lowest BCUT2D eigenvalue weighted by molar-refractivity contribution is -0.110. The molecule has 0 bridgehead atoms. The number of aromatic amines is 1. The third-order valence-electron chi connectivity index (χ3n) is 5.61. The third-order valence-corrected chi connectivity index (χ3v) is 5.61. The van der Waals surface area contributed by atoms with E-state index in [1.54, 1.807) is 48.7 Å². The standard InChI is InChI=1S/C28H27N3O4/c1-31(2)15-4-16-35-22-10-7-19(8-11-22)26(33)12-9-20-5-3-6-24-27(20)23(28(34)30-24)17-25-21(18-32)13-14-29-25/h3,5-8,10-11,13-14,17-18,26,29,33H,4,15-16H2,1-2H3,(H,30,34). The highest BCUT2D eigenvalue weighted by Gasteiger charge is 2.26. The zero-order valence-electron chi connectivity index (χ0n) is 19.7. The lowest BCUT2D eigenvalue weighted by Gasteiger charge is -2.11. The minimum atomic E-state index is -1.00. The first kappa shape index (κ1) is 24.0. The summed E-state index contributed by atoms with van der Waals surface area (Å²) in [4.78, 5) is 29.0. The Morgan fingerprint density at radius 3 is 2.69 bits per heavy atom. The minimum absolute atomic E-state index is 0.276. The lowest BCUT2D eigenvalue weighted by Crippen LogP contribution is -2.15. The number of aldehydes is 1. The molecule has 2 aromatic carbocycles. The average Bonchev–Trinajstić information content (AvgIpc) is 3.44. The van der Waals surface area contributed by atoms with Crippen LogP contribution in [0.25, 0.3) is 11.6 Å². The molecular weight excluding hydrogens is 442 g/mol. The first-order valence-electron chi connectivity index (χ1n) is 11.3. The van der Waals surface area contributed by atoms with Crippen molar-refractivity contribution in [1.29, 1.82) is 0 Å². The molecule has 1 amide bonds. The van der Waals surface area contributed by atoms with Crippen LogP contribution >= 0.6 is 0 Å². The van der Waals surface area contributed by atoms with Gasteiger partial charge in [0.25, 0.3) is 5.91 Å². The molecule has 178 valence electrons. The second kappa shape index (κ2) is 10.9. The normalized spacial score (nSPS) is 14.3. The Morgan fingerprint density at radius 1 is 1.14 bits per heavy atom. The van der Waals surface area contributed by atoms with Gasteiger partial charge < -0.3 is 25.0 Å². The van der Waals surface area contributed by atoms with E-state index in [1.165, 1.54) is 0 Å². The highest BCUT2D eigenvalue weighted by atomic mass is 16.5. The van der Waals surface area contributed by atoms with Gasteiger partial charge in [-0.25, -0.2) is 0 Å². The molecule has 0 spiro atoms. The fraction of sp³-hybridized carbons (Fsp3) is 0.214. The number of anilines is 1. The summed E-state index contributed by atoms with van der Waals surface area (Å²) in [6.45, 7) is 1.58. The molecule has 0 saturated carbocycles. The minimum Gasteiger partial charge on any atom is -0.494 e. The van der Waals surface area contributed by atoms with Crippen molar-refractivity contribution in [3.8, 4) is 17.6 Å². The summed E-state index contributed by atoms with van der Waals surface area (Å²) in [6, 6.07) is 14.3. The van der Waals surface area contributed by atoms with Gasteiger partial charge in [-0.3, -0.25) is 9.59 Å². The molecular formula is C28H27N3O4. The first-order valence-corrected chi connectivity index (χ1v) is 11.3. The van der Waals surface area contributed by atoms with Crippen molar-refractivity contribution >= 4 is 29.5 Å². The van der Waals surface area contributed by atoms with Gasteiger partial charge in [0.15, 0.2) is 6.29 Å². The molecule has 35 heavy (non-hydrogen) atoms. The van der Waals surface area contributed by atoms with Crippen molar-refractivity contribution in [2.24, 2.45) is 0 Å². The number of aliphatic hydroxyl groups is 1. The fourth-order valence-electron chi connectivity index (χ4n) is 3.80. The van der Waals surface area contributed by atoms with E-state index < -0.39 is 6.10 Å². The predicted molar refractivity (Wildman–Crippen MR) is 136 cm³/mol. The molecule has 3 aromatic rings. The number of hydrogen-bond donors (Lipinski definition) is 3. The molecule has 1 aliphatic rings. The van der Waals surface area contributed by atoms with Crippen molar-refractivity contribution in [2.45, 2.75) is 12.5 Å². The number of nitrogens with one attached hydrogen (secondary N) is 2. The van der Waals surface area contributed by atoms with Crippen LogP contribution in [0.4, 0.5) is 5.69 Å². The largest absolute Gasteiger partial charge is 0.494 e. The number of amides is 1. The Labute approximate surface area is 204 Å². The lowest BCUT2D eigenvalue weighted by atomic mass is 9.99. The van der Waals surface area contributed by atoms with Gasteiger partial charge in [0.2, 0.25) is 0 Å². The number of H-pyrrole nitrogens is 1.